The number of nitrogens with one attached hydrogen (secondary N) is 1. The van der Waals surface area contributed by atoms with Crippen molar-refractivity contribution in [3.8, 4) is 0 Å². The summed E-state index contributed by atoms with van der Waals surface area (Å²) in [6.07, 6.45) is 0. The van der Waals surface area contributed by atoms with Crippen LogP contribution in [0.2, 0.25) is 10.0 Å². The molecule has 3 aromatic rings. The largest absolute Gasteiger partial charge is 0.345 e. The lowest BCUT2D eigenvalue weighted by Crippen LogP contribution is -2.26. The lowest BCUT2D eigenvalue weighted by molar-refractivity contribution is 0.0940. The summed E-state index contributed by atoms with van der Waals surface area (Å²) in [4.78, 5) is 12.4. The van der Waals surface area contributed by atoms with Gasteiger partial charge in [0.25, 0.3) is 5.91 Å². The smallest absolute Gasteiger partial charge is 0.251 e. The Labute approximate surface area is 145 Å². The highest BCUT2D eigenvalue weighted by Gasteiger charge is 2.14. The number of benzene rings is 3. The van der Waals surface area contributed by atoms with E-state index in [1.54, 1.807) is 18.2 Å². The van der Waals surface area contributed by atoms with Gasteiger partial charge in [-0.25, -0.2) is 0 Å². The molecular weight excluding hydrogens is 329 g/mol. The average Bonchev–Trinajstić information content (AvgIpc) is 2.53. The minimum Gasteiger partial charge on any atom is -0.345 e. The zero-order chi connectivity index (χ0) is 16.4. The van der Waals surface area contributed by atoms with Gasteiger partial charge < -0.3 is 5.32 Å². The van der Waals surface area contributed by atoms with E-state index in [-0.39, 0.29) is 11.9 Å². The van der Waals surface area contributed by atoms with E-state index < -0.39 is 0 Å². The standard InChI is InChI=1S/C19H15Cl2NO/c1-12(17-8-4-6-13-5-2-3-7-18(13)17)22-19(23)14-9-15(20)11-16(21)10-14/h2-12H,1H3,(H,22,23)/t12-/m1/s1. The van der Waals surface area contributed by atoms with Crippen molar-refractivity contribution in [2.45, 2.75) is 13.0 Å². The molecule has 0 saturated carbocycles. The summed E-state index contributed by atoms with van der Waals surface area (Å²) in [5, 5.41) is 6.17. The van der Waals surface area contributed by atoms with Gasteiger partial charge in [0.2, 0.25) is 0 Å². The van der Waals surface area contributed by atoms with Gasteiger partial charge in [-0.1, -0.05) is 65.7 Å². The molecule has 0 aromatic heterocycles. The van der Waals surface area contributed by atoms with E-state index in [4.69, 9.17) is 23.2 Å². The van der Waals surface area contributed by atoms with Gasteiger partial charge in [0.15, 0.2) is 0 Å². The number of rotatable bonds is 3. The van der Waals surface area contributed by atoms with E-state index in [1.807, 2.05) is 31.2 Å². The summed E-state index contributed by atoms with van der Waals surface area (Å²) in [6, 6.07) is 18.9. The number of fused-ring (bicyclic) bond motifs is 1. The van der Waals surface area contributed by atoms with Gasteiger partial charge >= 0.3 is 0 Å². The summed E-state index contributed by atoms with van der Waals surface area (Å²) in [7, 11) is 0. The highest BCUT2D eigenvalue weighted by Crippen LogP contribution is 2.25. The number of hydrogen-bond acceptors (Lipinski definition) is 1. The van der Waals surface area contributed by atoms with Gasteiger partial charge in [-0.05, 0) is 41.5 Å². The molecule has 0 radical (unpaired) electrons. The summed E-state index contributed by atoms with van der Waals surface area (Å²) in [5.41, 5.74) is 1.53. The number of carbonyl (C=O) groups is 1. The van der Waals surface area contributed by atoms with Crippen LogP contribution < -0.4 is 5.32 Å². The zero-order valence-corrected chi connectivity index (χ0v) is 14.0. The van der Waals surface area contributed by atoms with Gasteiger partial charge in [-0.2, -0.15) is 0 Å². The van der Waals surface area contributed by atoms with Crippen molar-refractivity contribution in [3.05, 3.63) is 81.8 Å². The molecule has 1 N–H and O–H groups in total. The Morgan fingerprint density at radius 2 is 1.61 bits per heavy atom. The maximum Gasteiger partial charge on any atom is 0.251 e. The molecule has 1 amide bonds. The minimum atomic E-state index is -0.199. The highest BCUT2D eigenvalue weighted by molar-refractivity contribution is 6.35. The molecule has 0 fully saturated rings. The lowest BCUT2D eigenvalue weighted by atomic mass is 9.99. The third-order valence-electron chi connectivity index (χ3n) is 3.76. The van der Waals surface area contributed by atoms with Gasteiger partial charge in [-0.3, -0.25) is 4.79 Å². The normalized spacial score (nSPS) is 12.1. The summed E-state index contributed by atoms with van der Waals surface area (Å²) in [6.45, 7) is 1.96. The maximum atomic E-state index is 12.4. The molecule has 3 rings (SSSR count). The van der Waals surface area contributed by atoms with E-state index >= 15 is 0 Å². The van der Waals surface area contributed by atoms with Crippen LogP contribution in [0.25, 0.3) is 10.8 Å². The van der Waals surface area contributed by atoms with Gasteiger partial charge in [0.1, 0.15) is 0 Å². The van der Waals surface area contributed by atoms with Crippen LogP contribution in [-0.4, -0.2) is 5.91 Å². The van der Waals surface area contributed by atoms with Crippen LogP contribution in [0.5, 0.6) is 0 Å². The molecule has 116 valence electrons. The van der Waals surface area contributed by atoms with Crippen LogP contribution in [0, 0.1) is 0 Å². The Hall–Kier alpha value is -2.03. The Bertz CT molecular complexity index is 851. The fourth-order valence-corrected chi connectivity index (χ4v) is 3.20. The lowest BCUT2D eigenvalue weighted by Gasteiger charge is -2.17. The Balaban J connectivity index is 1.88. The van der Waals surface area contributed by atoms with Crippen molar-refractivity contribution < 1.29 is 4.79 Å². The maximum absolute atomic E-state index is 12.4. The van der Waals surface area contributed by atoms with Crippen LogP contribution in [0.4, 0.5) is 0 Å². The third kappa shape index (κ3) is 3.49. The van der Waals surface area contributed by atoms with E-state index in [9.17, 15) is 4.79 Å². The first-order chi connectivity index (χ1) is 11.0. The summed E-state index contributed by atoms with van der Waals surface area (Å²) < 4.78 is 0. The molecule has 2 nitrogen and oxygen atoms in total. The second kappa shape index (κ2) is 6.61. The molecule has 0 heterocycles. The Morgan fingerprint density at radius 3 is 2.35 bits per heavy atom. The predicted molar refractivity (Wildman–Crippen MR) is 96.3 cm³/mol. The number of halogens is 2. The molecule has 0 aliphatic rings. The highest BCUT2D eigenvalue weighted by atomic mass is 35.5. The van der Waals surface area contributed by atoms with Gasteiger partial charge in [-0.15, -0.1) is 0 Å². The Kier molecular flexibility index (Phi) is 4.56. The van der Waals surface area contributed by atoms with E-state index in [1.165, 1.54) is 0 Å². The predicted octanol–water partition coefficient (Wildman–Crippen LogP) is 5.64. The van der Waals surface area contributed by atoms with E-state index in [0.29, 0.717) is 15.6 Å². The monoisotopic (exact) mass is 343 g/mol. The molecule has 0 saturated heterocycles. The van der Waals surface area contributed by atoms with Crippen LogP contribution >= 0.6 is 23.2 Å². The SMILES string of the molecule is C[C@@H](NC(=O)c1cc(Cl)cc(Cl)c1)c1cccc2ccccc12. The first-order valence-corrected chi connectivity index (χ1v) is 8.05. The van der Waals surface area contributed by atoms with Crippen molar-refractivity contribution >= 4 is 39.9 Å². The molecule has 0 spiro atoms. The molecular formula is C19H15Cl2NO. The molecule has 0 unspecified atom stereocenters. The van der Waals surface area contributed by atoms with Crippen molar-refractivity contribution in [2.75, 3.05) is 0 Å². The average molecular weight is 344 g/mol. The number of amides is 1. The van der Waals surface area contributed by atoms with E-state index in [0.717, 1.165) is 16.3 Å². The number of hydrogen-bond donors (Lipinski definition) is 1. The van der Waals surface area contributed by atoms with Crippen molar-refractivity contribution in [1.82, 2.24) is 5.32 Å². The first-order valence-electron chi connectivity index (χ1n) is 7.29. The van der Waals surface area contributed by atoms with Crippen LogP contribution in [-0.2, 0) is 0 Å². The topological polar surface area (TPSA) is 29.1 Å². The van der Waals surface area contributed by atoms with Crippen molar-refractivity contribution in [2.24, 2.45) is 0 Å². The Morgan fingerprint density at radius 1 is 0.957 bits per heavy atom. The molecule has 0 aliphatic heterocycles. The van der Waals surface area contributed by atoms with Gasteiger partial charge in [0.05, 0.1) is 6.04 Å². The zero-order valence-electron chi connectivity index (χ0n) is 12.5. The molecule has 4 heteroatoms. The second-order valence-corrected chi connectivity index (χ2v) is 6.29. The van der Waals surface area contributed by atoms with Crippen molar-refractivity contribution in [1.29, 1.82) is 0 Å². The number of carbonyl (C=O) groups excluding carboxylic acids is 1. The molecule has 3 aromatic carbocycles. The van der Waals surface area contributed by atoms with E-state index in [2.05, 4.69) is 23.5 Å². The van der Waals surface area contributed by atoms with Gasteiger partial charge in [0, 0.05) is 15.6 Å². The summed E-state index contributed by atoms with van der Waals surface area (Å²) >= 11 is 11.9. The molecule has 0 aliphatic carbocycles. The quantitative estimate of drug-likeness (QED) is 0.655. The fourth-order valence-electron chi connectivity index (χ4n) is 2.67. The van der Waals surface area contributed by atoms with Crippen LogP contribution in [0.1, 0.15) is 28.9 Å². The fraction of sp³-hybridized carbons (Fsp3) is 0.105. The molecule has 1 atom stereocenters. The van der Waals surface area contributed by atoms with Crippen molar-refractivity contribution in [3.63, 3.8) is 0 Å². The molecule has 0 bridgehead atoms. The summed E-state index contributed by atoms with van der Waals surface area (Å²) in [5.74, 6) is -0.199. The first kappa shape index (κ1) is 15.9. The van der Waals surface area contributed by atoms with Crippen LogP contribution in [0.15, 0.2) is 60.7 Å². The third-order valence-corrected chi connectivity index (χ3v) is 4.20. The second-order valence-electron chi connectivity index (χ2n) is 5.42. The minimum absolute atomic E-state index is 0.133. The molecule has 23 heavy (non-hydrogen) atoms. The van der Waals surface area contributed by atoms with Crippen LogP contribution in [0.3, 0.4) is 0 Å².